The van der Waals surface area contributed by atoms with Gasteiger partial charge in [-0.25, -0.2) is 0 Å². The van der Waals surface area contributed by atoms with Crippen molar-refractivity contribution in [3.05, 3.63) is 113 Å². The normalized spacial score (nSPS) is 14.0. The van der Waals surface area contributed by atoms with Gasteiger partial charge in [0.25, 0.3) is 0 Å². The molecule has 0 bridgehead atoms. The van der Waals surface area contributed by atoms with Crippen LogP contribution in [0.4, 0.5) is 13.2 Å². The smallest absolute Gasteiger partial charge is 0.433 e. The zero-order valence-corrected chi connectivity index (χ0v) is 24.0. The summed E-state index contributed by atoms with van der Waals surface area (Å²) in [5.74, 6) is 0. The predicted molar refractivity (Wildman–Crippen MR) is 153 cm³/mol. The third-order valence-corrected chi connectivity index (χ3v) is 7.73. The quantitative estimate of drug-likeness (QED) is 0.186. The number of benzene rings is 1. The first-order valence-electron chi connectivity index (χ1n) is 13.7. The standard InChI is InChI=1S/C29H22ClF3N10O2/c30-22-2-4-25(42-17-35-38-39-42)23(10-22)19-1-3-26(43(44)14-19)27(15-40-12-20-6-8-45-16-24(20)37-40)41-13-21(11-36-41)18-5-7-34-28(9-18)29(31,32)33/h1-5,7,9-14,17,27H,6,8,15-16H2. The minimum atomic E-state index is -4.60. The Morgan fingerprint density at radius 1 is 1.07 bits per heavy atom. The molecule has 1 aliphatic heterocycles. The van der Waals surface area contributed by atoms with Crippen LogP contribution >= 0.6 is 11.6 Å². The highest BCUT2D eigenvalue weighted by Gasteiger charge is 2.33. The fraction of sp³-hybridized carbons (Fsp3) is 0.207. The van der Waals surface area contributed by atoms with Crippen molar-refractivity contribution in [1.82, 2.24) is 44.8 Å². The van der Waals surface area contributed by atoms with E-state index >= 15 is 0 Å². The Balaban J connectivity index is 1.29. The number of ether oxygens (including phenoxy) is 1. The molecular weight excluding hydrogens is 613 g/mol. The summed E-state index contributed by atoms with van der Waals surface area (Å²) in [7, 11) is 0. The van der Waals surface area contributed by atoms with Crippen LogP contribution in [0.25, 0.3) is 27.9 Å². The van der Waals surface area contributed by atoms with Gasteiger partial charge < -0.3 is 9.94 Å². The first-order valence-corrected chi connectivity index (χ1v) is 14.1. The topological polar surface area (TPSA) is 128 Å². The maximum atomic E-state index is 13.7. The lowest BCUT2D eigenvalue weighted by molar-refractivity contribution is -0.615. The summed E-state index contributed by atoms with van der Waals surface area (Å²) in [6.45, 7) is 1.20. The number of pyridine rings is 2. The predicted octanol–water partition coefficient (Wildman–Crippen LogP) is 4.45. The van der Waals surface area contributed by atoms with E-state index in [0.717, 1.165) is 34.7 Å². The van der Waals surface area contributed by atoms with Gasteiger partial charge in [-0.1, -0.05) is 11.6 Å². The average molecular weight is 635 g/mol. The number of rotatable bonds is 7. The summed E-state index contributed by atoms with van der Waals surface area (Å²) >= 11 is 6.31. The summed E-state index contributed by atoms with van der Waals surface area (Å²) in [6, 6.07) is 10.4. The number of aromatic nitrogens is 10. The molecule has 0 saturated heterocycles. The van der Waals surface area contributed by atoms with Crippen LogP contribution in [0, 0.1) is 5.21 Å². The molecule has 0 N–H and O–H groups in total. The van der Waals surface area contributed by atoms with E-state index in [0.29, 0.717) is 46.3 Å². The second-order valence-electron chi connectivity index (χ2n) is 10.4. The molecule has 6 aromatic rings. The van der Waals surface area contributed by atoms with Gasteiger partial charge in [0, 0.05) is 46.4 Å². The van der Waals surface area contributed by atoms with Crippen LogP contribution in [0.3, 0.4) is 0 Å². The Morgan fingerprint density at radius 3 is 2.73 bits per heavy atom. The van der Waals surface area contributed by atoms with E-state index in [2.05, 4.69) is 30.7 Å². The summed E-state index contributed by atoms with van der Waals surface area (Å²) in [5, 5.41) is 34.7. The molecule has 1 atom stereocenters. The molecule has 0 aliphatic carbocycles. The second-order valence-corrected chi connectivity index (χ2v) is 10.8. The Hall–Kier alpha value is -5.15. The molecule has 5 aromatic heterocycles. The van der Waals surface area contributed by atoms with Gasteiger partial charge in [-0.05, 0) is 64.4 Å². The van der Waals surface area contributed by atoms with Gasteiger partial charge in [-0.15, -0.1) is 5.10 Å². The van der Waals surface area contributed by atoms with Crippen molar-refractivity contribution < 1.29 is 22.6 Å². The van der Waals surface area contributed by atoms with E-state index in [1.165, 1.54) is 29.5 Å². The van der Waals surface area contributed by atoms with Crippen LogP contribution < -0.4 is 4.73 Å². The first-order chi connectivity index (χ1) is 21.7. The van der Waals surface area contributed by atoms with Crippen molar-refractivity contribution in [2.45, 2.75) is 31.8 Å². The van der Waals surface area contributed by atoms with Gasteiger partial charge in [0.15, 0.2) is 12.2 Å². The maximum Gasteiger partial charge on any atom is 0.433 e. The zero-order valence-electron chi connectivity index (χ0n) is 23.2. The molecule has 1 unspecified atom stereocenters. The summed E-state index contributed by atoms with van der Waals surface area (Å²) in [6.07, 6.45) is 5.07. The summed E-state index contributed by atoms with van der Waals surface area (Å²) < 4.78 is 51.1. The monoisotopic (exact) mass is 634 g/mol. The molecule has 0 fully saturated rings. The van der Waals surface area contributed by atoms with Gasteiger partial charge in [0.2, 0.25) is 5.69 Å². The molecule has 1 aliphatic rings. The van der Waals surface area contributed by atoms with Crippen molar-refractivity contribution in [2.75, 3.05) is 6.61 Å². The molecule has 228 valence electrons. The lowest BCUT2D eigenvalue weighted by Gasteiger charge is -2.18. The Bertz CT molecular complexity index is 1970. The SMILES string of the molecule is [O-][n+]1cc(-c2cc(Cl)ccc2-n2cnnn2)ccc1C(Cn1cc2c(n1)COCC2)n1cc(-c2ccnc(C(F)(F)F)c2)cn1. The van der Waals surface area contributed by atoms with Crippen LogP contribution in [0.5, 0.6) is 0 Å². The van der Waals surface area contributed by atoms with Crippen LogP contribution in [0.2, 0.25) is 5.02 Å². The molecule has 6 heterocycles. The number of halogens is 4. The number of hydrogen-bond donors (Lipinski definition) is 0. The molecule has 45 heavy (non-hydrogen) atoms. The summed E-state index contributed by atoms with van der Waals surface area (Å²) in [4.78, 5) is 3.45. The highest BCUT2D eigenvalue weighted by atomic mass is 35.5. The fourth-order valence-corrected chi connectivity index (χ4v) is 5.48. The van der Waals surface area contributed by atoms with Gasteiger partial charge >= 0.3 is 6.18 Å². The van der Waals surface area contributed by atoms with E-state index in [4.69, 9.17) is 16.3 Å². The van der Waals surface area contributed by atoms with Gasteiger partial charge in [0.1, 0.15) is 12.0 Å². The van der Waals surface area contributed by atoms with Crippen molar-refractivity contribution >= 4 is 11.6 Å². The molecule has 0 saturated carbocycles. The number of nitrogens with zero attached hydrogens (tertiary/aromatic N) is 10. The third-order valence-electron chi connectivity index (χ3n) is 7.50. The maximum absolute atomic E-state index is 13.7. The van der Waals surface area contributed by atoms with Gasteiger partial charge in [0.05, 0.1) is 37.3 Å². The molecular formula is C29H22ClF3N10O2. The van der Waals surface area contributed by atoms with E-state index < -0.39 is 17.9 Å². The summed E-state index contributed by atoms with van der Waals surface area (Å²) in [5.41, 5.74) is 3.71. The zero-order chi connectivity index (χ0) is 31.1. The molecule has 1 aromatic carbocycles. The van der Waals surface area contributed by atoms with Crippen molar-refractivity contribution in [3.8, 4) is 27.9 Å². The lowest BCUT2D eigenvalue weighted by atomic mass is 10.0. The Kier molecular flexibility index (Phi) is 7.25. The fourth-order valence-electron chi connectivity index (χ4n) is 5.31. The number of alkyl halides is 3. The average Bonchev–Trinajstić information content (AvgIpc) is 3.81. The van der Waals surface area contributed by atoms with Crippen LogP contribution in [0.1, 0.15) is 28.7 Å². The molecule has 12 nitrogen and oxygen atoms in total. The number of tetrazole rings is 1. The third kappa shape index (κ3) is 5.74. The highest BCUT2D eigenvalue weighted by Crippen LogP contribution is 2.32. The molecule has 0 amide bonds. The van der Waals surface area contributed by atoms with Crippen LogP contribution in [-0.2, 0) is 30.5 Å². The molecule has 0 radical (unpaired) electrons. The Morgan fingerprint density at radius 2 is 1.96 bits per heavy atom. The number of fused-ring (bicyclic) bond motifs is 1. The minimum absolute atomic E-state index is 0.215. The Labute approximate surface area is 257 Å². The highest BCUT2D eigenvalue weighted by molar-refractivity contribution is 6.31. The van der Waals surface area contributed by atoms with E-state index in [1.807, 2.05) is 6.20 Å². The largest absolute Gasteiger partial charge is 0.618 e. The second kappa shape index (κ2) is 11.4. The van der Waals surface area contributed by atoms with Crippen molar-refractivity contribution in [1.29, 1.82) is 0 Å². The number of hydrogen-bond acceptors (Lipinski definition) is 8. The minimum Gasteiger partial charge on any atom is -0.618 e. The molecule has 7 rings (SSSR count). The van der Waals surface area contributed by atoms with Crippen LogP contribution in [0.15, 0.2) is 79.8 Å². The molecule has 0 spiro atoms. The van der Waals surface area contributed by atoms with Crippen molar-refractivity contribution in [2.24, 2.45) is 0 Å². The van der Waals surface area contributed by atoms with Gasteiger partial charge in [-0.2, -0.15) is 32.8 Å². The van der Waals surface area contributed by atoms with Gasteiger partial charge in [-0.3, -0.25) is 14.3 Å². The lowest BCUT2D eigenvalue weighted by Crippen LogP contribution is -2.37. The van der Waals surface area contributed by atoms with E-state index in [1.54, 1.807) is 45.9 Å². The van der Waals surface area contributed by atoms with Crippen LogP contribution in [-0.4, -0.2) is 51.4 Å². The molecule has 16 heteroatoms. The first kappa shape index (κ1) is 28.6. The van der Waals surface area contributed by atoms with E-state index in [-0.39, 0.29) is 12.1 Å². The van der Waals surface area contributed by atoms with Crippen molar-refractivity contribution in [3.63, 3.8) is 0 Å². The van der Waals surface area contributed by atoms with E-state index in [9.17, 15) is 18.4 Å².